The fourth-order valence-corrected chi connectivity index (χ4v) is 2.25. The van der Waals surface area contributed by atoms with Gasteiger partial charge in [0.05, 0.1) is 11.4 Å². The van der Waals surface area contributed by atoms with E-state index in [1.807, 2.05) is 29.2 Å². The predicted molar refractivity (Wildman–Crippen MR) is 69.9 cm³/mol. The highest BCUT2D eigenvalue weighted by Crippen LogP contribution is 2.23. The van der Waals surface area contributed by atoms with E-state index < -0.39 is 0 Å². The maximum Gasteiger partial charge on any atom is 0.219 e. The Morgan fingerprint density at radius 2 is 1.94 bits per heavy atom. The van der Waals surface area contributed by atoms with Gasteiger partial charge in [-0.25, -0.2) is 0 Å². The Labute approximate surface area is 102 Å². The zero-order valence-corrected chi connectivity index (χ0v) is 10.2. The van der Waals surface area contributed by atoms with Crippen molar-refractivity contribution in [3.05, 3.63) is 24.3 Å². The van der Waals surface area contributed by atoms with Crippen molar-refractivity contribution in [1.82, 2.24) is 4.90 Å². The highest BCUT2D eigenvalue weighted by atomic mass is 16.2. The van der Waals surface area contributed by atoms with Crippen molar-refractivity contribution in [3.63, 3.8) is 0 Å². The lowest BCUT2D eigenvalue weighted by molar-refractivity contribution is -0.128. The van der Waals surface area contributed by atoms with Gasteiger partial charge in [-0.1, -0.05) is 12.1 Å². The van der Waals surface area contributed by atoms with E-state index in [1.165, 1.54) is 0 Å². The first-order valence-corrected chi connectivity index (χ1v) is 6.03. The van der Waals surface area contributed by atoms with Gasteiger partial charge in [-0.05, 0) is 18.6 Å². The Hall–Kier alpha value is -1.71. The van der Waals surface area contributed by atoms with Gasteiger partial charge in [-0.2, -0.15) is 0 Å². The predicted octanol–water partition coefficient (Wildman–Crippen LogP) is 1.33. The van der Waals surface area contributed by atoms with Crippen LogP contribution in [-0.4, -0.2) is 37.0 Å². The second-order valence-corrected chi connectivity index (χ2v) is 4.41. The van der Waals surface area contributed by atoms with Crippen LogP contribution in [0.25, 0.3) is 0 Å². The molecule has 17 heavy (non-hydrogen) atoms. The van der Waals surface area contributed by atoms with Crippen LogP contribution in [0.4, 0.5) is 11.4 Å². The molecule has 2 N–H and O–H groups in total. The molecule has 1 aliphatic rings. The monoisotopic (exact) mass is 233 g/mol. The van der Waals surface area contributed by atoms with Gasteiger partial charge < -0.3 is 15.5 Å². The summed E-state index contributed by atoms with van der Waals surface area (Å²) in [4.78, 5) is 15.5. The van der Waals surface area contributed by atoms with Gasteiger partial charge in [-0.3, -0.25) is 4.79 Å². The number of amides is 1. The summed E-state index contributed by atoms with van der Waals surface area (Å²) >= 11 is 0. The van der Waals surface area contributed by atoms with E-state index >= 15 is 0 Å². The van der Waals surface area contributed by atoms with Crippen LogP contribution in [-0.2, 0) is 4.79 Å². The number of nitrogen functional groups attached to an aromatic ring is 1. The van der Waals surface area contributed by atoms with Gasteiger partial charge in [0.25, 0.3) is 0 Å². The van der Waals surface area contributed by atoms with Crippen molar-refractivity contribution in [3.8, 4) is 0 Å². The van der Waals surface area contributed by atoms with Gasteiger partial charge in [0.1, 0.15) is 0 Å². The number of rotatable bonds is 1. The van der Waals surface area contributed by atoms with Gasteiger partial charge in [-0.15, -0.1) is 0 Å². The number of nitrogens with two attached hydrogens (primary N) is 1. The summed E-state index contributed by atoms with van der Waals surface area (Å²) in [6, 6.07) is 7.90. The lowest BCUT2D eigenvalue weighted by Gasteiger charge is -2.24. The van der Waals surface area contributed by atoms with E-state index in [0.717, 1.165) is 44.0 Å². The van der Waals surface area contributed by atoms with Crippen LogP contribution in [0.1, 0.15) is 13.3 Å². The molecule has 4 heteroatoms. The number of hydrogen-bond acceptors (Lipinski definition) is 3. The molecular formula is C13H19N3O. The van der Waals surface area contributed by atoms with E-state index in [4.69, 9.17) is 5.73 Å². The zero-order chi connectivity index (χ0) is 12.3. The Kier molecular flexibility index (Phi) is 3.52. The number of benzene rings is 1. The molecule has 1 aromatic rings. The first-order chi connectivity index (χ1) is 8.18. The highest BCUT2D eigenvalue weighted by Gasteiger charge is 2.17. The summed E-state index contributed by atoms with van der Waals surface area (Å²) in [5.74, 6) is 0.160. The minimum atomic E-state index is 0.160. The van der Waals surface area contributed by atoms with Crippen molar-refractivity contribution in [2.24, 2.45) is 0 Å². The summed E-state index contributed by atoms with van der Waals surface area (Å²) in [6.45, 7) is 5.07. The molecule has 1 fully saturated rings. The van der Waals surface area contributed by atoms with Crippen LogP contribution in [0.2, 0.25) is 0 Å². The summed E-state index contributed by atoms with van der Waals surface area (Å²) in [5.41, 5.74) is 7.87. The molecule has 1 amide bonds. The van der Waals surface area contributed by atoms with Gasteiger partial charge in [0, 0.05) is 33.1 Å². The number of anilines is 2. The van der Waals surface area contributed by atoms with E-state index in [1.54, 1.807) is 6.92 Å². The molecule has 0 bridgehead atoms. The lowest BCUT2D eigenvalue weighted by Crippen LogP contribution is -2.33. The summed E-state index contributed by atoms with van der Waals surface area (Å²) in [6.07, 6.45) is 0.994. The van der Waals surface area contributed by atoms with Gasteiger partial charge >= 0.3 is 0 Å². The molecule has 0 saturated carbocycles. The van der Waals surface area contributed by atoms with Gasteiger partial charge in [0.2, 0.25) is 5.91 Å². The Morgan fingerprint density at radius 1 is 1.18 bits per heavy atom. The van der Waals surface area contributed by atoms with E-state index in [0.29, 0.717) is 0 Å². The molecule has 1 aliphatic heterocycles. The van der Waals surface area contributed by atoms with E-state index in [-0.39, 0.29) is 5.91 Å². The largest absolute Gasteiger partial charge is 0.397 e. The van der Waals surface area contributed by atoms with Crippen molar-refractivity contribution < 1.29 is 4.79 Å². The molecule has 1 aromatic carbocycles. The molecule has 2 rings (SSSR count). The molecule has 92 valence electrons. The number of carbonyl (C=O) groups excluding carboxylic acids is 1. The summed E-state index contributed by atoms with van der Waals surface area (Å²) < 4.78 is 0. The fraction of sp³-hybridized carbons (Fsp3) is 0.462. The molecule has 1 heterocycles. The van der Waals surface area contributed by atoms with Crippen LogP contribution in [0, 0.1) is 0 Å². The Balaban J connectivity index is 2.09. The normalized spacial score (nSPS) is 16.8. The Bertz CT molecular complexity index is 405. The average molecular weight is 233 g/mol. The van der Waals surface area contributed by atoms with Crippen molar-refractivity contribution in [2.75, 3.05) is 36.8 Å². The second kappa shape index (κ2) is 5.08. The number of para-hydroxylation sites is 2. The van der Waals surface area contributed by atoms with Crippen LogP contribution in [0.15, 0.2) is 24.3 Å². The maximum atomic E-state index is 11.3. The standard InChI is InChI=1S/C13H19N3O/c1-11(17)15-7-4-8-16(10-9-15)13-6-3-2-5-12(13)14/h2-3,5-6H,4,7-10,14H2,1H3. The van der Waals surface area contributed by atoms with Crippen molar-refractivity contribution in [1.29, 1.82) is 0 Å². The minimum Gasteiger partial charge on any atom is -0.397 e. The quantitative estimate of drug-likeness (QED) is 0.744. The second-order valence-electron chi connectivity index (χ2n) is 4.41. The van der Waals surface area contributed by atoms with Crippen molar-refractivity contribution >= 4 is 17.3 Å². The average Bonchev–Trinajstić information content (AvgIpc) is 2.55. The third kappa shape index (κ3) is 2.70. The smallest absolute Gasteiger partial charge is 0.219 e. The molecule has 0 atom stereocenters. The van der Waals surface area contributed by atoms with Crippen molar-refractivity contribution in [2.45, 2.75) is 13.3 Å². The molecule has 0 spiro atoms. The number of hydrogen-bond donors (Lipinski definition) is 1. The van der Waals surface area contributed by atoms with Crippen LogP contribution >= 0.6 is 0 Å². The third-order valence-electron chi connectivity index (χ3n) is 3.22. The highest BCUT2D eigenvalue weighted by molar-refractivity contribution is 5.73. The lowest BCUT2D eigenvalue weighted by atomic mass is 10.2. The zero-order valence-electron chi connectivity index (χ0n) is 10.2. The topological polar surface area (TPSA) is 49.6 Å². The Morgan fingerprint density at radius 3 is 2.65 bits per heavy atom. The fourth-order valence-electron chi connectivity index (χ4n) is 2.25. The molecule has 4 nitrogen and oxygen atoms in total. The first kappa shape index (κ1) is 11.8. The SMILES string of the molecule is CC(=O)N1CCCN(c2ccccc2N)CC1. The molecule has 0 unspecified atom stereocenters. The van der Waals surface area contributed by atoms with Crippen LogP contribution in [0.5, 0.6) is 0 Å². The van der Waals surface area contributed by atoms with Crippen LogP contribution < -0.4 is 10.6 Å². The molecule has 0 radical (unpaired) electrons. The van der Waals surface area contributed by atoms with Gasteiger partial charge in [0.15, 0.2) is 0 Å². The first-order valence-electron chi connectivity index (χ1n) is 6.03. The number of carbonyl (C=O) groups is 1. The van der Waals surface area contributed by atoms with Crippen LogP contribution in [0.3, 0.4) is 0 Å². The summed E-state index contributed by atoms with van der Waals surface area (Å²) in [5, 5.41) is 0. The third-order valence-corrected chi connectivity index (χ3v) is 3.22. The molecule has 0 aliphatic carbocycles. The summed E-state index contributed by atoms with van der Waals surface area (Å²) in [7, 11) is 0. The van der Waals surface area contributed by atoms with E-state index in [2.05, 4.69) is 4.90 Å². The maximum absolute atomic E-state index is 11.3. The molecular weight excluding hydrogens is 214 g/mol. The van der Waals surface area contributed by atoms with E-state index in [9.17, 15) is 4.79 Å². The molecule has 1 saturated heterocycles. The number of nitrogens with zero attached hydrogens (tertiary/aromatic N) is 2. The molecule has 0 aromatic heterocycles. The minimum absolute atomic E-state index is 0.160.